The maximum Gasteiger partial charge on any atom is 0.119 e. The summed E-state index contributed by atoms with van der Waals surface area (Å²) in [6.07, 6.45) is 3.65. The summed E-state index contributed by atoms with van der Waals surface area (Å²) in [5.41, 5.74) is 7.70. The highest BCUT2D eigenvalue weighted by Gasteiger charge is 2.37. The standard InChI is InChI=1S/C15H24N2O/c1-15(10-4-5-14(15)16)11-17(2)12-6-8-13(18-3)9-7-12/h6-9,14H,4-5,10-11,16H2,1-3H3. The average Bonchev–Trinajstić information content (AvgIpc) is 2.69. The highest BCUT2D eigenvalue weighted by atomic mass is 16.5. The van der Waals surface area contributed by atoms with Gasteiger partial charge in [0.25, 0.3) is 0 Å². The number of hydrogen-bond acceptors (Lipinski definition) is 3. The zero-order valence-electron chi connectivity index (χ0n) is 11.6. The molecule has 3 heteroatoms. The Hall–Kier alpha value is -1.22. The fourth-order valence-electron chi connectivity index (χ4n) is 2.93. The summed E-state index contributed by atoms with van der Waals surface area (Å²) in [7, 11) is 3.83. The lowest BCUT2D eigenvalue weighted by Crippen LogP contribution is -2.43. The summed E-state index contributed by atoms with van der Waals surface area (Å²) in [6.45, 7) is 3.32. The van der Waals surface area contributed by atoms with E-state index in [1.807, 2.05) is 12.1 Å². The summed E-state index contributed by atoms with van der Waals surface area (Å²) < 4.78 is 5.18. The molecule has 0 bridgehead atoms. The molecule has 2 rings (SSSR count). The van der Waals surface area contributed by atoms with Crippen molar-refractivity contribution in [2.24, 2.45) is 11.1 Å². The van der Waals surface area contributed by atoms with Crippen molar-refractivity contribution in [3.05, 3.63) is 24.3 Å². The monoisotopic (exact) mass is 248 g/mol. The van der Waals surface area contributed by atoms with E-state index < -0.39 is 0 Å². The quantitative estimate of drug-likeness (QED) is 0.890. The Bertz CT molecular complexity index is 390. The molecule has 2 atom stereocenters. The van der Waals surface area contributed by atoms with E-state index in [4.69, 9.17) is 10.5 Å². The van der Waals surface area contributed by atoms with Crippen LogP contribution in [0.3, 0.4) is 0 Å². The predicted octanol–water partition coefficient (Wildman–Crippen LogP) is 2.65. The molecule has 1 aromatic rings. The van der Waals surface area contributed by atoms with Crippen LogP contribution in [0.4, 0.5) is 5.69 Å². The molecule has 0 radical (unpaired) electrons. The molecule has 1 aliphatic rings. The van der Waals surface area contributed by atoms with Crippen LogP contribution in [0, 0.1) is 5.41 Å². The Morgan fingerprint density at radius 3 is 2.56 bits per heavy atom. The molecule has 1 fully saturated rings. The molecule has 1 saturated carbocycles. The first-order valence-corrected chi connectivity index (χ1v) is 6.66. The Balaban J connectivity index is 2.04. The molecule has 0 heterocycles. The smallest absolute Gasteiger partial charge is 0.119 e. The summed E-state index contributed by atoms with van der Waals surface area (Å²) in [5, 5.41) is 0. The van der Waals surface area contributed by atoms with Gasteiger partial charge in [0.1, 0.15) is 5.75 Å². The first kappa shape index (κ1) is 13.2. The maximum absolute atomic E-state index is 6.24. The van der Waals surface area contributed by atoms with E-state index in [1.54, 1.807) is 7.11 Å². The number of hydrogen-bond donors (Lipinski definition) is 1. The van der Waals surface area contributed by atoms with Gasteiger partial charge in [0.15, 0.2) is 0 Å². The van der Waals surface area contributed by atoms with Gasteiger partial charge >= 0.3 is 0 Å². The molecule has 100 valence electrons. The van der Waals surface area contributed by atoms with Crippen molar-refractivity contribution in [1.82, 2.24) is 0 Å². The van der Waals surface area contributed by atoms with Crippen LogP contribution in [0.2, 0.25) is 0 Å². The zero-order valence-corrected chi connectivity index (χ0v) is 11.6. The van der Waals surface area contributed by atoms with Crippen molar-refractivity contribution in [1.29, 1.82) is 0 Å². The summed E-state index contributed by atoms with van der Waals surface area (Å²) in [5.74, 6) is 0.899. The third kappa shape index (κ3) is 2.61. The molecule has 0 amide bonds. The molecule has 0 spiro atoms. The van der Waals surface area contributed by atoms with E-state index in [1.165, 1.54) is 18.5 Å². The highest BCUT2D eigenvalue weighted by Crippen LogP contribution is 2.38. The Morgan fingerprint density at radius 1 is 1.39 bits per heavy atom. The van der Waals surface area contributed by atoms with E-state index in [2.05, 4.69) is 31.0 Å². The van der Waals surface area contributed by atoms with Crippen LogP contribution >= 0.6 is 0 Å². The van der Waals surface area contributed by atoms with Crippen LogP contribution in [0.5, 0.6) is 5.75 Å². The van der Waals surface area contributed by atoms with Crippen molar-refractivity contribution in [2.75, 3.05) is 25.6 Å². The van der Waals surface area contributed by atoms with Gasteiger partial charge in [-0.15, -0.1) is 0 Å². The number of methoxy groups -OCH3 is 1. The first-order chi connectivity index (χ1) is 8.55. The number of benzene rings is 1. The zero-order chi connectivity index (χ0) is 13.2. The van der Waals surface area contributed by atoms with Gasteiger partial charge in [-0.05, 0) is 37.1 Å². The van der Waals surface area contributed by atoms with Gasteiger partial charge in [-0.1, -0.05) is 13.3 Å². The van der Waals surface area contributed by atoms with Crippen molar-refractivity contribution >= 4 is 5.69 Å². The maximum atomic E-state index is 6.24. The Kier molecular flexibility index (Phi) is 3.81. The normalized spacial score (nSPS) is 27.2. The van der Waals surface area contributed by atoms with E-state index in [0.29, 0.717) is 6.04 Å². The van der Waals surface area contributed by atoms with Gasteiger partial charge in [0, 0.05) is 30.7 Å². The summed E-state index contributed by atoms with van der Waals surface area (Å²) >= 11 is 0. The minimum Gasteiger partial charge on any atom is -0.497 e. The molecular formula is C15H24N2O. The van der Waals surface area contributed by atoms with Crippen LogP contribution in [0.25, 0.3) is 0 Å². The third-order valence-electron chi connectivity index (χ3n) is 4.27. The molecule has 1 aliphatic carbocycles. The Morgan fingerprint density at radius 2 is 2.06 bits per heavy atom. The van der Waals surface area contributed by atoms with Crippen molar-refractivity contribution in [3.8, 4) is 5.75 Å². The van der Waals surface area contributed by atoms with Gasteiger partial charge in [0.05, 0.1) is 7.11 Å². The van der Waals surface area contributed by atoms with Crippen LogP contribution in [-0.4, -0.2) is 26.7 Å². The van der Waals surface area contributed by atoms with Gasteiger partial charge in [0.2, 0.25) is 0 Å². The molecular weight excluding hydrogens is 224 g/mol. The van der Waals surface area contributed by atoms with E-state index in [9.17, 15) is 0 Å². The molecule has 3 nitrogen and oxygen atoms in total. The molecule has 0 aromatic heterocycles. The van der Waals surface area contributed by atoms with Gasteiger partial charge < -0.3 is 15.4 Å². The van der Waals surface area contributed by atoms with E-state index in [0.717, 1.165) is 18.7 Å². The number of ether oxygens (including phenoxy) is 1. The van der Waals surface area contributed by atoms with Gasteiger partial charge in [-0.2, -0.15) is 0 Å². The SMILES string of the molecule is COc1ccc(N(C)CC2(C)CCCC2N)cc1. The largest absolute Gasteiger partial charge is 0.497 e. The number of anilines is 1. The minimum atomic E-state index is 0.245. The van der Waals surface area contributed by atoms with Crippen LogP contribution < -0.4 is 15.4 Å². The number of nitrogens with two attached hydrogens (primary N) is 1. The second kappa shape index (κ2) is 5.19. The topological polar surface area (TPSA) is 38.5 Å². The second-order valence-electron chi connectivity index (χ2n) is 5.71. The van der Waals surface area contributed by atoms with Crippen molar-refractivity contribution < 1.29 is 4.74 Å². The van der Waals surface area contributed by atoms with Crippen molar-refractivity contribution in [3.63, 3.8) is 0 Å². The molecule has 0 aliphatic heterocycles. The minimum absolute atomic E-state index is 0.245. The molecule has 18 heavy (non-hydrogen) atoms. The van der Waals surface area contributed by atoms with E-state index in [-0.39, 0.29) is 5.41 Å². The fourth-order valence-corrected chi connectivity index (χ4v) is 2.93. The molecule has 2 unspecified atom stereocenters. The van der Waals surface area contributed by atoms with Crippen LogP contribution in [0.1, 0.15) is 26.2 Å². The predicted molar refractivity (Wildman–Crippen MR) is 76.2 cm³/mol. The van der Waals surface area contributed by atoms with E-state index >= 15 is 0 Å². The van der Waals surface area contributed by atoms with Crippen molar-refractivity contribution in [2.45, 2.75) is 32.2 Å². The average molecular weight is 248 g/mol. The van der Waals surface area contributed by atoms with Gasteiger partial charge in [-0.3, -0.25) is 0 Å². The lowest BCUT2D eigenvalue weighted by Gasteiger charge is -2.34. The molecule has 2 N–H and O–H groups in total. The lowest BCUT2D eigenvalue weighted by atomic mass is 9.84. The first-order valence-electron chi connectivity index (χ1n) is 6.66. The lowest BCUT2D eigenvalue weighted by molar-refractivity contribution is 0.301. The second-order valence-corrected chi connectivity index (χ2v) is 5.71. The Labute approximate surface area is 110 Å². The van der Waals surface area contributed by atoms with Crippen LogP contribution in [-0.2, 0) is 0 Å². The summed E-state index contributed by atoms with van der Waals surface area (Å²) in [4.78, 5) is 2.30. The summed E-state index contributed by atoms with van der Waals surface area (Å²) in [6, 6.07) is 8.54. The van der Waals surface area contributed by atoms with Crippen LogP contribution in [0.15, 0.2) is 24.3 Å². The highest BCUT2D eigenvalue weighted by molar-refractivity contribution is 5.48. The number of nitrogens with zero attached hydrogens (tertiary/aromatic N) is 1. The number of rotatable bonds is 4. The van der Waals surface area contributed by atoms with Gasteiger partial charge in [-0.25, -0.2) is 0 Å². The molecule has 1 aromatic carbocycles. The third-order valence-corrected chi connectivity index (χ3v) is 4.27. The molecule has 0 saturated heterocycles. The fraction of sp³-hybridized carbons (Fsp3) is 0.600.